The van der Waals surface area contributed by atoms with Crippen LogP contribution in [-0.4, -0.2) is 44.8 Å². The summed E-state index contributed by atoms with van der Waals surface area (Å²) in [6.45, 7) is 12.4. The topological polar surface area (TPSA) is 80.9 Å². The number of fused-ring (bicyclic) bond motifs is 1. The summed E-state index contributed by atoms with van der Waals surface area (Å²) in [5.74, 6) is 7.59. The molecule has 0 spiro atoms. The Labute approximate surface area is 206 Å². The van der Waals surface area contributed by atoms with Gasteiger partial charge in [0.1, 0.15) is 6.61 Å². The van der Waals surface area contributed by atoms with Crippen molar-refractivity contribution in [3.63, 3.8) is 0 Å². The fourth-order valence-corrected chi connectivity index (χ4v) is 6.67. The highest BCUT2D eigenvalue weighted by Gasteiger charge is 2.50. The predicted molar refractivity (Wildman–Crippen MR) is 138 cm³/mol. The predicted octanol–water partition coefficient (Wildman–Crippen LogP) is 4.85. The van der Waals surface area contributed by atoms with Crippen LogP contribution in [0.25, 0.3) is 0 Å². The fourth-order valence-electron chi connectivity index (χ4n) is 6.67. The van der Waals surface area contributed by atoms with Crippen molar-refractivity contribution in [2.45, 2.75) is 96.9 Å². The van der Waals surface area contributed by atoms with E-state index >= 15 is 0 Å². The Bertz CT molecular complexity index is 906. The minimum Gasteiger partial charge on any atom is -0.393 e. The number of allylic oxidation sites excluding steroid dienone is 5. The summed E-state index contributed by atoms with van der Waals surface area (Å²) in [6.07, 6.45) is 12.2. The molecule has 0 amide bonds. The molecule has 2 fully saturated rings. The molecule has 4 nitrogen and oxygen atoms in total. The minimum absolute atomic E-state index is 0.0926. The summed E-state index contributed by atoms with van der Waals surface area (Å²) >= 11 is 0. The van der Waals surface area contributed by atoms with Gasteiger partial charge in [0.05, 0.1) is 17.8 Å². The highest BCUT2D eigenvalue weighted by molar-refractivity contribution is 5.46. The third kappa shape index (κ3) is 6.32. The highest BCUT2D eigenvalue weighted by Crippen LogP contribution is 2.59. The molecule has 2 saturated carbocycles. The molecule has 0 radical (unpaired) electrons. The van der Waals surface area contributed by atoms with Gasteiger partial charge in [-0.3, -0.25) is 0 Å². The van der Waals surface area contributed by atoms with Crippen LogP contribution in [0.2, 0.25) is 0 Å². The molecule has 3 aliphatic carbocycles. The number of aliphatic hydroxyl groups is 4. The maximum Gasteiger partial charge on any atom is 0.104 e. The van der Waals surface area contributed by atoms with E-state index in [0.717, 1.165) is 43.3 Å². The van der Waals surface area contributed by atoms with Crippen LogP contribution in [0.15, 0.2) is 47.1 Å². The maximum atomic E-state index is 10.2. The van der Waals surface area contributed by atoms with E-state index in [1.165, 1.54) is 12.0 Å². The molecule has 0 saturated heterocycles. The molecule has 4 heteroatoms. The van der Waals surface area contributed by atoms with Crippen molar-refractivity contribution in [3.8, 4) is 11.8 Å². The molecular weight excluding hydrogens is 424 g/mol. The Kier molecular flexibility index (Phi) is 8.69. The van der Waals surface area contributed by atoms with E-state index in [-0.39, 0.29) is 12.0 Å². The molecule has 3 rings (SSSR count). The Morgan fingerprint density at radius 2 is 2.00 bits per heavy atom. The van der Waals surface area contributed by atoms with Gasteiger partial charge in [-0.25, -0.2) is 0 Å². The first-order valence-corrected chi connectivity index (χ1v) is 12.9. The smallest absolute Gasteiger partial charge is 0.104 e. The van der Waals surface area contributed by atoms with Crippen molar-refractivity contribution in [2.24, 2.45) is 23.2 Å². The van der Waals surface area contributed by atoms with E-state index in [4.69, 9.17) is 0 Å². The number of rotatable bonds is 6. The Morgan fingerprint density at radius 3 is 2.68 bits per heavy atom. The molecule has 0 aromatic heterocycles. The summed E-state index contributed by atoms with van der Waals surface area (Å²) in [5.41, 5.74) is 3.41. The van der Waals surface area contributed by atoms with E-state index in [1.54, 1.807) is 0 Å². The second kappa shape index (κ2) is 11.0. The second-order valence-corrected chi connectivity index (χ2v) is 11.7. The first kappa shape index (κ1) is 27.0. The van der Waals surface area contributed by atoms with E-state index in [0.29, 0.717) is 36.2 Å². The minimum atomic E-state index is -0.688. The van der Waals surface area contributed by atoms with E-state index < -0.39 is 17.8 Å². The number of aliphatic hydroxyl groups excluding tert-OH is 3. The molecule has 0 aliphatic heterocycles. The zero-order valence-electron chi connectivity index (χ0n) is 21.5. The molecule has 4 N–H and O–H groups in total. The lowest BCUT2D eigenvalue weighted by atomic mass is 9.61. The molecule has 34 heavy (non-hydrogen) atoms. The van der Waals surface area contributed by atoms with Gasteiger partial charge in [0.25, 0.3) is 0 Å². The third-order valence-electron chi connectivity index (χ3n) is 8.43. The summed E-state index contributed by atoms with van der Waals surface area (Å²) < 4.78 is 0. The average molecular weight is 469 g/mol. The van der Waals surface area contributed by atoms with Gasteiger partial charge in [0, 0.05) is 12.0 Å². The Balaban J connectivity index is 1.87. The van der Waals surface area contributed by atoms with Crippen LogP contribution < -0.4 is 0 Å². The van der Waals surface area contributed by atoms with Gasteiger partial charge in [-0.2, -0.15) is 0 Å². The lowest BCUT2D eigenvalue weighted by molar-refractivity contribution is 0.0624. The highest BCUT2D eigenvalue weighted by atomic mass is 16.3. The van der Waals surface area contributed by atoms with Gasteiger partial charge < -0.3 is 20.4 Å². The van der Waals surface area contributed by atoms with Crippen molar-refractivity contribution in [1.82, 2.24) is 0 Å². The van der Waals surface area contributed by atoms with Gasteiger partial charge in [0.2, 0.25) is 0 Å². The van der Waals surface area contributed by atoms with Crippen LogP contribution >= 0.6 is 0 Å². The van der Waals surface area contributed by atoms with Crippen LogP contribution in [0.5, 0.6) is 0 Å². The third-order valence-corrected chi connectivity index (χ3v) is 8.43. The molecule has 6 atom stereocenters. The first-order valence-electron chi connectivity index (χ1n) is 12.9. The van der Waals surface area contributed by atoms with E-state index in [1.807, 2.05) is 19.9 Å². The van der Waals surface area contributed by atoms with Gasteiger partial charge in [0.15, 0.2) is 0 Å². The lowest BCUT2D eigenvalue weighted by Gasteiger charge is -2.43. The van der Waals surface area contributed by atoms with Crippen molar-refractivity contribution >= 4 is 0 Å². The number of hydrogen-bond donors (Lipinski definition) is 4. The van der Waals surface area contributed by atoms with Gasteiger partial charge in [-0.1, -0.05) is 57.3 Å². The average Bonchev–Trinajstić information content (AvgIpc) is 3.09. The van der Waals surface area contributed by atoms with Crippen LogP contribution in [0.1, 0.15) is 79.1 Å². The van der Waals surface area contributed by atoms with Crippen molar-refractivity contribution in [1.29, 1.82) is 0 Å². The summed E-state index contributed by atoms with van der Waals surface area (Å²) in [6, 6.07) is 0. The quantitative estimate of drug-likeness (QED) is 0.420. The van der Waals surface area contributed by atoms with Crippen molar-refractivity contribution in [2.75, 3.05) is 6.61 Å². The number of hydrogen-bond acceptors (Lipinski definition) is 4. The molecule has 0 aromatic rings. The van der Waals surface area contributed by atoms with Gasteiger partial charge >= 0.3 is 0 Å². The fraction of sp³-hybridized carbons (Fsp3) is 0.667. The SMILES string of the molecule is C=C1/C(=C\C=C2/C=C(C#CCO)C[C@]3(C)[C@@H]([C@H](C)CCCC(C)(C)O)CC[C@@H]23)C[C@@H](O)C[C@@H]1O. The Morgan fingerprint density at radius 1 is 1.26 bits per heavy atom. The first-order chi connectivity index (χ1) is 15.9. The molecule has 3 aliphatic rings. The van der Waals surface area contributed by atoms with Gasteiger partial charge in [-0.05, 0) is 91.9 Å². The normalized spacial score (nSPS) is 35.1. The molecule has 0 bridgehead atoms. The standard InChI is InChI=1S/C30H44O4/c1-20(8-6-14-29(3,4)34)26-12-13-27-24(16-22(9-7-15-31)19-30(26,27)5)11-10-23-17-25(32)18-28(33)21(23)2/h10-11,16,20,25-28,31-34H,2,6,8,12-15,17-19H2,1,3-5H3/b23-10-,24-11+/t20-,25-,26-,27+,28+,30-/m1/s1. The zero-order chi connectivity index (χ0) is 25.1. The van der Waals surface area contributed by atoms with Crippen LogP contribution in [0, 0.1) is 35.0 Å². The molecule has 188 valence electrons. The molecular formula is C30H44O4. The van der Waals surface area contributed by atoms with E-state index in [2.05, 4.69) is 44.4 Å². The second-order valence-electron chi connectivity index (χ2n) is 11.7. The molecule has 0 unspecified atom stereocenters. The van der Waals surface area contributed by atoms with Crippen LogP contribution in [0.3, 0.4) is 0 Å². The lowest BCUT2D eigenvalue weighted by Crippen LogP contribution is -2.36. The zero-order valence-corrected chi connectivity index (χ0v) is 21.5. The van der Waals surface area contributed by atoms with E-state index in [9.17, 15) is 20.4 Å². The largest absolute Gasteiger partial charge is 0.393 e. The molecule has 0 aromatic carbocycles. The van der Waals surface area contributed by atoms with Crippen molar-refractivity contribution < 1.29 is 20.4 Å². The monoisotopic (exact) mass is 468 g/mol. The van der Waals surface area contributed by atoms with Crippen LogP contribution in [0.4, 0.5) is 0 Å². The Hall–Kier alpha value is -1.64. The summed E-state index contributed by atoms with van der Waals surface area (Å²) in [5, 5.41) is 39.7. The molecule has 0 heterocycles. The summed E-state index contributed by atoms with van der Waals surface area (Å²) in [4.78, 5) is 0. The maximum absolute atomic E-state index is 10.2. The van der Waals surface area contributed by atoms with Gasteiger partial charge in [-0.15, -0.1) is 0 Å². The summed E-state index contributed by atoms with van der Waals surface area (Å²) in [7, 11) is 0. The van der Waals surface area contributed by atoms with Crippen LogP contribution in [-0.2, 0) is 0 Å². The van der Waals surface area contributed by atoms with Crippen molar-refractivity contribution in [3.05, 3.63) is 47.1 Å².